The molecule has 0 bridgehead atoms. The van der Waals surface area contributed by atoms with Crippen LogP contribution in [0, 0.1) is 5.92 Å². The summed E-state index contributed by atoms with van der Waals surface area (Å²) in [5.74, 6) is 0.900. The summed E-state index contributed by atoms with van der Waals surface area (Å²) in [6.45, 7) is 1.05. The van der Waals surface area contributed by atoms with E-state index in [2.05, 4.69) is 0 Å². The largest absolute Gasteiger partial charge is 0.493 e. The first kappa shape index (κ1) is 20.5. The van der Waals surface area contributed by atoms with Gasteiger partial charge in [0.25, 0.3) is 0 Å². The highest BCUT2D eigenvalue weighted by Gasteiger charge is 2.41. The van der Waals surface area contributed by atoms with Crippen molar-refractivity contribution in [2.45, 2.75) is 25.3 Å². The number of para-hydroxylation sites is 1. The van der Waals surface area contributed by atoms with Crippen molar-refractivity contribution in [3.8, 4) is 11.5 Å². The van der Waals surface area contributed by atoms with Gasteiger partial charge >= 0.3 is 0 Å². The van der Waals surface area contributed by atoms with E-state index in [4.69, 9.17) is 21.1 Å². The molecular weight excluding hydrogens is 404 g/mol. The van der Waals surface area contributed by atoms with Crippen LogP contribution < -0.4 is 14.4 Å². The number of amides is 2. The molecule has 0 aliphatic carbocycles. The lowest BCUT2D eigenvalue weighted by atomic mass is 10.0. The van der Waals surface area contributed by atoms with Gasteiger partial charge in [0.15, 0.2) is 11.5 Å². The minimum Gasteiger partial charge on any atom is -0.493 e. The van der Waals surface area contributed by atoms with E-state index in [0.717, 1.165) is 18.4 Å². The van der Waals surface area contributed by atoms with Gasteiger partial charge in [0.1, 0.15) is 0 Å². The minimum atomic E-state index is -0.366. The van der Waals surface area contributed by atoms with Crippen molar-refractivity contribution in [3.05, 3.63) is 53.1 Å². The van der Waals surface area contributed by atoms with Gasteiger partial charge in [-0.1, -0.05) is 29.8 Å². The number of anilines is 1. The van der Waals surface area contributed by atoms with Crippen molar-refractivity contribution in [2.75, 3.05) is 32.2 Å². The molecule has 2 saturated heterocycles. The number of methoxy groups -OCH3 is 2. The highest BCUT2D eigenvalue weighted by molar-refractivity contribution is 6.33. The van der Waals surface area contributed by atoms with Crippen molar-refractivity contribution >= 4 is 29.1 Å². The number of hydrogen-bond donors (Lipinski definition) is 0. The maximum absolute atomic E-state index is 13.4. The molecule has 0 spiro atoms. The van der Waals surface area contributed by atoms with Gasteiger partial charge in [-0.2, -0.15) is 0 Å². The lowest BCUT2D eigenvalue weighted by Crippen LogP contribution is -2.37. The highest BCUT2D eigenvalue weighted by Crippen LogP contribution is 2.39. The predicted molar refractivity (Wildman–Crippen MR) is 115 cm³/mol. The molecule has 2 fully saturated rings. The Bertz CT molecular complexity index is 964. The zero-order valence-electron chi connectivity index (χ0n) is 17.1. The van der Waals surface area contributed by atoms with Gasteiger partial charge in [-0.15, -0.1) is 0 Å². The monoisotopic (exact) mass is 428 g/mol. The molecule has 2 heterocycles. The van der Waals surface area contributed by atoms with Crippen LogP contribution in [0.4, 0.5) is 5.69 Å². The van der Waals surface area contributed by atoms with E-state index in [1.165, 1.54) is 0 Å². The molecule has 6 nitrogen and oxygen atoms in total. The molecule has 158 valence electrons. The van der Waals surface area contributed by atoms with Crippen LogP contribution in [-0.4, -0.2) is 44.0 Å². The molecule has 30 heavy (non-hydrogen) atoms. The Morgan fingerprint density at radius 3 is 2.60 bits per heavy atom. The Hall–Kier alpha value is -2.73. The fourth-order valence-electron chi connectivity index (χ4n) is 4.45. The number of rotatable bonds is 5. The zero-order valence-corrected chi connectivity index (χ0v) is 17.9. The van der Waals surface area contributed by atoms with Crippen LogP contribution >= 0.6 is 11.6 Å². The Balaban J connectivity index is 1.53. The van der Waals surface area contributed by atoms with Gasteiger partial charge in [-0.05, 0) is 42.7 Å². The second-order valence-corrected chi connectivity index (χ2v) is 8.07. The first-order chi connectivity index (χ1) is 14.5. The van der Waals surface area contributed by atoms with E-state index in [-0.39, 0.29) is 30.2 Å². The molecule has 2 unspecified atom stereocenters. The molecule has 0 N–H and O–H groups in total. The van der Waals surface area contributed by atoms with Crippen molar-refractivity contribution in [1.82, 2.24) is 4.90 Å². The molecular formula is C23H25ClN2O4. The van der Waals surface area contributed by atoms with E-state index in [1.807, 2.05) is 41.3 Å². The average Bonchev–Trinajstić information content (AvgIpc) is 3.40. The van der Waals surface area contributed by atoms with Crippen LogP contribution in [-0.2, 0) is 9.59 Å². The van der Waals surface area contributed by atoms with Gasteiger partial charge in [-0.25, -0.2) is 0 Å². The van der Waals surface area contributed by atoms with Gasteiger partial charge in [0, 0.05) is 19.5 Å². The number of carbonyl (C=O) groups is 2. The Morgan fingerprint density at radius 2 is 1.87 bits per heavy atom. The molecule has 2 amide bonds. The molecule has 0 radical (unpaired) electrons. The fraction of sp³-hybridized carbons (Fsp3) is 0.391. The molecule has 2 aliphatic rings. The maximum Gasteiger partial charge on any atom is 0.228 e. The molecule has 2 aromatic carbocycles. The van der Waals surface area contributed by atoms with E-state index in [0.29, 0.717) is 35.3 Å². The van der Waals surface area contributed by atoms with Crippen LogP contribution in [0.25, 0.3) is 0 Å². The first-order valence-electron chi connectivity index (χ1n) is 10.1. The molecule has 0 saturated carbocycles. The number of benzene rings is 2. The minimum absolute atomic E-state index is 0.0233. The van der Waals surface area contributed by atoms with Gasteiger partial charge in [-0.3, -0.25) is 9.59 Å². The summed E-state index contributed by atoms with van der Waals surface area (Å²) in [5.41, 5.74) is 1.68. The van der Waals surface area contributed by atoms with Crippen LogP contribution in [0.5, 0.6) is 11.5 Å². The van der Waals surface area contributed by atoms with E-state index in [1.54, 1.807) is 25.2 Å². The van der Waals surface area contributed by atoms with Crippen LogP contribution in [0.3, 0.4) is 0 Å². The van der Waals surface area contributed by atoms with Crippen molar-refractivity contribution in [2.24, 2.45) is 5.92 Å². The van der Waals surface area contributed by atoms with Crippen molar-refractivity contribution in [1.29, 1.82) is 0 Å². The topological polar surface area (TPSA) is 59.1 Å². The standard InChI is InChI=1S/C23H25ClN2O4/c1-29-20-10-9-15(12-21(20)30-2)18-8-5-11-25(18)23(28)16-13-22(27)26(14-16)19-7-4-3-6-17(19)24/h3-4,6-7,9-10,12,16,18H,5,8,11,13-14H2,1-2H3. The lowest BCUT2D eigenvalue weighted by molar-refractivity contribution is -0.136. The van der Waals surface area contributed by atoms with Crippen LogP contribution in [0.1, 0.15) is 30.9 Å². The molecule has 0 aromatic heterocycles. The summed E-state index contributed by atoms with van der Waals surface area (Å²) in [6, 6.07) is 13.0. The maximum atomic E-state index is 13.4. The summed E-state index contributed by atoms with van der Waals surface area (Å²) in [4.78, 5) is 29.5. The second kappa shape index (κ2) is 8.56. The third-order valence-electron chi connectivity index (χ3n) is 5.95. The van der Waals surface area contributed by atoms with Crippen LogP contribution in [0.2, 0.25) is 5.02 Å². The Morgan fingerprint density at radius 1 is 1.10 bits per heavy atom. The van der Waals surface area contributed by atoms with Crippen molar-refractivity contribution in [3.63, 3.8) is 0 Å². The number of halogens is 1. The van der Waals surface area contributed by atoms with E-state index in [9.17, 15) is 9.59 Å². The van der Waals surface area contributed by atoms with Gasteiger partial charge in [0.05, 0.1) is 36.9 Å². The van der Waals surface area contributed by atoms with Crippen molar-refractivity contribution < 1.29 is 19.1 Å². The average molecular weight is 429 g/mol. The highest BCUT2D eigenvalue weighted by atomic mass is 35.5. The number of carbonyl (C=O) groups excluding carboxylic acids is 2. The fourth-order valence-corrected chi connectivity index (χ4v) is 4.69. The SMILES string of the molecule is COc1ccc(C2CCCN2C(=O)C2CC(=O)N(c3ccccc3Cl)C2)cc1OC. The van der Waals surface area contributed by atoms with E-state index >= 15 is 0 Å². The summed E-state index contributed by atoms with van der Waals surface area (Å²) in [5, 5.41) is 0.517. The van der Waals surface area contributed by atoms with E-state index < -0.39 is 0 Å². The first-order valence-corrected chi connectivity index (χ1v) is 10.5. The summed E-state index contributed by atoms with van der Waals surface area (Å²) in [6.07, 6.45) is 2.02. The molecule has 4 rings (SSSR count). The third kappa shape index (κ3) is 3.72. The second-order valence-electron chi connectivity index (χ2n) is 7.66. The molecule has 2 aromatic rings. The number of ether oxygens (including phenoxy) is 2. The number of hydrogen-bond acceptors (Lipinski definition) is 4. The zero-order chi connectivity index (χ0) is 21.3. The smallest absolute Gasteiger partial charge is 0.228 e. The lowest BCUT2D eigenvalue weighted by Gasteiger charge is -2.28. The van der Waals surface area contributed by atoms with Crippen LogP contribution in [0.15, 0.2) is 42.5 Å². The predicted octanol–water partition coefficient (Wildman–Crippen LogP) is 4.07. The Kier molecular flexibility index (Phi) is 5.86. The summed E-state index contributed by atoms with van der Waals surface area (Å²) < 4.78 is 10.8. The molecule has 7 heteroatoms. The molecule has 2 atom stereocenters. The third-order valence-corrected chi connectivity index (χ3v) is 6.27. The summed E-state index contributed by atoms with van der Waals surface area (Å²) >= 11 is 6.27. The number of nitrogens with zero attached hydrogens (tertiary/aromatic N) is 2. The number of likely N-dealkylation sites (tertiary alicyclic amines) is 1. The quantitative estimate of drug-likeness (QED) is 0.720. The Labute approximate surface area is 181 Å². The van der Waals surface area contributed by atoms with Gasteiger partial charge in [0.2, 0.25) is 11.8 Å². The van der Waals surface area contributed by atoms with Gasteiger partial charge < -0.3 is 19.3 Å². The molecule has 2 aliphatic heterocycles. The summed E-state index contributed by atoms with van der Waals surface area (Å²) in [7, 11) is 3.21. The normalized spacial score (nSPS) is 21.2.